The lowest BCUT2D eigenvalue weighted by molar-refractivity contribution is 0.294. The summed E-state index contributed by atoms with van der Waals surface area (Å²) in [5.74, 6) is 2.69. The lowest BCUT2D eigenvalue weighted by atomic mass is 9.93. The summed E-state index contributed by atoms with van der Waals surface area (Å²) in [6, 6.07) is 10.0. The molecule has 0 spiro atoms. The van der Waals surface area contributed by atoms with Gasteiger partial charge in [-0.2, -0.15) is 0 Å². The molecule has 1 fully saturated rings. The summed E-state index contributed by atoms with van der Waals surface area (Å²) in [7, 11) is 0. The summed E-state index contributed by atoms with van der Waals surface area (Å²) in [5.41, 5.74) is 2.57. The highest BCUT2D eigenvalue weighted by atomic mass is 32.1. The maximum Gasteiger partial charge on any atom is 0.135 e. The highest BCUT2D eigenvalue weighted by molar-refractivity contribution is 7.11. The Kier molecular flexibility index (Phi) is 3.71. The standard InChI is InChI=1S/C21H21N3OS/c22-20-19(21-23-17(12-26-21)14-4-2-1-3-5-14)18(25)11-24(20)10-16-9-13-6-7-15(16)8-13/h1-7,12-13,15-16,22,25H,8-11H2/t13-,15-,16+/m0/s1. The first-order valence-electron chi connectivity index (χ1n) is 9.14. The van der Waals surface area contributed by atoms with Crippen LogP contribution in [-0.2, 0) is 0 Å². The van der Waals surface area contributed by atoms with Crippen LogP contribution < -0.4 is 0 Å². The third kappa shape index (κ3) is 2.58. The smallest absolute Gasteiger partial charge is 0.135 e. The third-order valence-electron chi connectivity index (χ3n) is 5.84. The monoisotopic (exact) mass is 363 g/mol. The number of amidine groups is 1. The van der Waals surface area contributed by atoms with E-state index in [0.717, 1.165) is 28.7 Å². The quantitative estimate of drug-likeness (QED) is 0.782. The summed E-state index contributed by atoms with van der Waals surface area (Å²) in [6.45, 7) is 1.29. The van der Waals surface area contributed by atoms with Crippen LogP contribution in [0.25, 0.3) is 16.8 Å². The number of allylic oxidation sites excluding steroid dienone is 2. The van der Waals surface area contributed by atoms with Crippen LogP contribution >= 0.6 is 11.3 Å². The highest BCUT2D eigenvalue weighted by Gasteiger charge is 2.39. The van der Waals surface area contributed by atoms with E-state index in [0.29, 0.717) is 29.8 Å². The van der Waals surface area contributed by atoms with E-state index in [1.54, 1.807) is 0 Å². The predicted octanol–water partition coefficient (Wildman–Crippen LogP) is 4.58. The molecule has 0 radical (unpaired) electrons. The number of aliphatic hydroxyl groups excluding tert-OH is 1. The molecule has 1 aromatic heterocycles. The first-order chi connectivity index (χ1) is 12.7. The number of hydrogen-bond donors (Lipinski definition) is 2. The molecule has 1 aliphatic heterocycles. The van der Waals surface area contributed by atoms with Gasteiger partial charge in [-0.05, 0) is 30.6 Å². The molecule has 2 heterocycles. The van der Waals surface area contributed by atoms with E-state index >= 15 is 0 Å². The van der Waals surface area contributed by atoms with Crippen LogP contribution in [0.15, 0.2) is 53.6 Å². The number of nitrogens with zero attached hydrogens (tertiary/aromatic N) is 2. The van der Waals surface area contributed by atoms with Gasteiger partial charge in [-0.3, -0.25) is 5.41 Å². The molecule has 0 amide bonds. The Hall–Kier alpha value is -2.40. The molecule has 0 unspecified atom stereocenters. The van der Waals surface area contributed by atoms with E-state index in [-0.39, 0.29) is 5.76 Å². The Morgan fingerprint density at radius 1 is 1.19 bits per heavy atom. The van der Waals surface area contributed by atoms with E-state index in [9.17, 15) is 5.11 Å². The molecule has 132 valence electrons. The minimum atomic E-state index is 0.280. The van der Waals surface area contributed by atoms with E-state index < -0.39 is 0 Å². The molecule has 26 heavy (non-hydrogen) atoms. The Morgan fingerprint density at radius 2 is 2.04 bits per heavy atom. The lowest BCUT2D eigenvalue weighted by Crippen LogP contribution is -2.33. The van der Waals surface area contributed by atoms with Crippen LogP contribution in [0.1, 0.15) is 17.8 Å². The first kappa shape index (κ1) is 15.8. The van der Waals surface area contributed by atoms with Gasteiger partial charge in [0.25, 0.3) is 0 Å². The summed E-state index contributed by atoms with van der Waals surface area (Å²) in [4.78, 5) is 6.71. The number of nitrogens with one attached hydrogen (secondary N) is 1. The van der Waals surface area contributed by atoms with Crippen LogP contribution in [0, 0.1) is 23.2 Å². The molecule has 3 aliphatic rings. The topological polar surface area (TPSA) is 60.2 Å². The van der Waals surface area contributed by atoms with Crippen LogP contribution in [0.4, 0.5) is 0 Å². The molecule has 1 aromatic carbocycles. The normalized spacial score (nSPS) is 27.2. The number of benzene rings is 1. The zero-order valence-corrected chi connectivity index (χ0v) is 15.2. The molecule has 4 nitrogen and oxygen atoms in total. The van der Waals surface area contributed by atoms with Crippen molar-refractivity contribution in [1.29, 1.82) is 5.41 Å². The predicted molar refractivity (Wildman–Crippen MR) is 105 cm³/mol. The lowest BCUT2D eigenvalue weighted by Gasteiger charge is -2.26. The maximum absolute atomic E-state index is 10.5. The van der Waals surface area contributed by atoms with E-state index in [1.165, 1.54) is 24.2 Å². The summed E-state index contributed by atoms with van der Waals surface area (Å²) in [6.07, 6.45) is 7.18. The average molecular weight is 363 g/mol. The van der Waals surface area contributed by atoms with Gasteiger partial charge in [0, 0.05) is 17.5 Å². The fraction of sp³-hybridized carbons (Fsp3) is 0.333. The number of rotatable bonds is 4. The van der Waals surface area contributed by atoms with Crippen LogP contribution in [0.2, 0.25) is 0 Å². The average Bonchev–Trinajstić information content (AvgIpc) is 3.42. The summed E-state index contributed by atoms with van der Waals surface area (Å²) in [5, 5.41) is 21.9. The number of thiazole rings is 1. The van der Waals surface area contributed by atoms with Crippen molar-refractivity contribution in [2.45, 2.75) is 12.8 Å². The van der Waals surface area contributed by atoms with Gasteiger partial charge < -0.3 is 10.0 Å². The second-order valence-corrected chi connectivity index (χ2v) is 8.35. The fourth-order valence-electron chi connectivity index (χ4n) is 4.53. The van der Waals surface area contributed by atoms with Crippen molar-refractivity contribution in [3.8, 4) is 11.3 Å². The van der Waals surface area contributed by atoms with E-state index in [2.05, 4.69) is 17.1 Å². The van der Waals surface area contributed by atoms with Crippen molar-refractivity contribution in [3.63, 3.8) is 0 Å². The van der Waals surface area contributed by atoms with E-state index in [1.807, 2.05) is 40.6 Å². The number of fused-ring (bicyclic) bond motifs is 2. The summed E-state index contributed by atoms with van der Waals surface area (Å²) < 4.78 is 0. The van der Waals surface area contributed by atoms with Gasteiger partial charge in [0.2, 0.25) is 0 Å². The molecule has 2 N–H and O–H groups in total. The Balaban J connectivity index is 1.35. The maximum atomic E-state index is 10.5. The fourth-order valence-corrected chi connectivity index (χ4v) is 5.43. The molecule has 2 aromatic rings. The zero-order chi connectivity index (χ0) is 17.7. The van der Waals surface area contributed by atoms with Gasteiger partial charge in [0.15, 0.2) is 0 Å². The second-order valence-electron chi connectivity index (χ2n) is 7.50. The molecule has 3 atom stereocenters. The van der Waals surface area contributed by atoms with Crippen LogP contribution in [0.3, 0.4) is 0 Å². The Bertz CT molecular complexity index is 914. The van der Waals surface area contributed by atoms with Gasteiger partial charge in [0.1, 0.15) is 16.6 Å². The largest absolute Gasteiger partial charge is 0.510 e. The molecule has 5 heteroatoms. The first-order valence-corrected chi connectivity index (χ1v) is 10.0. The molecular weight excluding hydrogens is 342 g/mol. The van der Waals surface area contributed by atoms with Crippen molar-refractivity contribution in [3.05, 3.63) is 58.6 Å². The van der Waals surface area contributed by atoms with Crippen molar-refractivity contribution in [2.75, 3.05) is 13.1 Å². The SMILES string of the molecule is N=C1C(c2nc(-c3ccccc3)cs2)=C(O)CN1C[C@H]1C[C@H]2C=C[C@H]1C2. The Labute approximate surface area is 157 Å². The molecular formula is C21H21N3OS. The van der Waals surface area contributed by atoms with Crippen LogP contribution in [0.5, 0.6) is 0 Å². The van der Waals surface area contributed by atoms with Crippen molar-refractivity contribution < 1.29 is 5.11 Å². The zero-order valence-electron chi connectivity index (χ0n) is 14.4. The number of hydrogen-bond acceptors (Lipinski definition) is 4. The van der Waals surface area contributed by atoms with Gasteiger partial charge in [-0.1, -0.05) is 42.5 Å². The Morgan fingerprint density at radius 3 is 2.77 bits per heavy atom. The van der Waals surface area contributed by atoms with Gasteiger partial charge >= 0.3 is 0 Å². The highest BCUT2D eigenvalue weighted by Crippen LogP contribution is 2.44. The third-order valence-corrected chi connectivity index (χ3v) is 6.70. The van der Waals surface area contributed by atoms with Gasteiger partial charge in [-0.15, -0.1) is 11.3 Å². The number of aromatic nitrogens is 1. The molecule has 0 saturated heterocycles. The van der Waals surface area contributed by atoms with Crippen molar-refractivity contribution in [2.24, 2.45) is 17.8 Å². The van der Waals surface area contributed by atoms with Gasteiger partial charge in [-0.25, -0.2) is 4.98 Å². The summed E-state index contributed by atoms with van der Waals surface area (Å²) >= 11 is 1.50. The van der Waals surface area contributed by atoms with E-state index in [4.69, 9.17) is 5.41 Å². The minimum Gasteiger partial charge on any atom is -0.510 e. The number of aliphatic hydroxyl groups is 1. The van der Waals surface area contributed by atoms with Gasteiger partial charge in [0.05, 0.1) is 17.8 Å². The molecule has 2 bridgehead atoms. The van der Waals surface area contributed by atoms with Crippen molar-refractivity contribution in [1.82, 2.24) is 9.88 Å². The van der Waals surface area contributed by atoms with Crippen LogP contribution in [-0.4, -0.2) is 33.9 Å². The molecule has 1 saturated carbocycles. The molecule has 5 rings (SSSR count). The van der Waals surface area contributed by atoms with Crippen molar-refractivity contribution >= 4 is 22.7 Å². The second kappa shape index (κ2) is 6.09. The minimum absolute atomic E-state index is 0.280. The molecule has 2 aliphatic carbocycles.